The Morgan fingerprint density at radius 2 is 2.00 bits per heavy atom. The molecule has 4 heteroatoms. The standard InChI is InChI=1S/C22H22O4/c1-15-8-18-14-26-21(24)22(18,11-15)12-16-4-3-7-20(10-16)25-13-17-5-2-6-19(23)9-17/h2-7,9-10,18,23H,1,8,11-14H2. The van der Waals surface area contributed by atoms with Gasteiger partial charge in [-0.3, -0.25) is 4.79 Å². The second-order valence-corrected chi connectivity index (χ2v) is 7.37. The summed E-state index contributed by atoms with van der Waals surface area (Å²) in [5.41, 5.74) is 2.65. The van der Waals surface area contributed by atoms with Gasteiger partial charge in [-0.25, -0.2) is 0 Å². The summed E-state index contributed by atoms with van der Waals surface area (Å²) in [7, 11) is 0. The molecule has 1 N–H and O–H groups in total. The maximum absolute atomic E-state index is 12.4. The lowest BCUT2D eigenvalue weighted by Gasteiger charge is -2.24. The molecule has 1 aliphatic heterocycles. The van der Waals surface area contributed by atoms with E-state index in [-0.39, 0.29) is 17.6 Å². The molecular formula is C22H22O4. The van der Waals surface area contributed by atoms with E-state index in [4.69, 9.17) is 9.47 Å². The number of allylic oxidation sites excluding steroid dienone is 1. The van der Waals surface area contributed by atoms with E-state index >= 15 is 0 Å². The first-order valence-corrected chi connectivity index (χ1v) is 8.89. The average molecular weight is 350 g/mol. The van der Waals surface area contributed by atoms with Gasteiger partial charge in [0.25, 0.3) is 0 Å². The van der Waals surface area contributed by atoms with Crippen LogP contribution in [0.15, 0.2) is 60.7 Å². The Hall–Kier alpha value is -2.75. The molecule has 2 atom stereocenters. The van der Waals surface area contributed by atoms with E-state index in [2.05, 4.69) is 6.58 Å². The molecule has 1 heterocycles. The van der Waals surface area contributed by atoms with Crippen molar-refractivity contribution in [3.63, 3.8) is 0 Å². The van der Waals surface area contributed by atoms with Crippen LogP contribution in [0.3, 0.4) is 0 Å². The van der Waals surface area contributed by atoms with Crippen molar-refractivity contribution >= 4 is 5.97 Å². The lowest BCUT2D eigenvalue weighted by molar-refractivity contribution is -0.146. The molecule has 0 spiro atoms. The van der Waals surface area contributed by atoms with Crippen LogP contribution >= 0.6 is 0 Å². The van der Waals surface area contributed by atoms with Gasteiger partial charge in [-0.2, -0.15) is 0 Å². The van der Waals surface area contributed by atoms with Crippen molar-refractivity contribution in [3.8, 4) is 11.5 Å². The minimum absolute atomic E-state index is 0.0905. The Balaban J connectivity index is 1.49. The smallest absolute Gasteiger partial charge is 0.313 e. The van der Waals surface area contributed by atoms with Crippen molar-refractivity contribution in [2.45, 2.75) is 25.9 Å². The summed E-state index contributed by atoms with van der Waals surface area (Å²) in [4.78, 5) is 12.4. The van der Waals surface area contributed by atoms with Gasteiger partial charge in [0.15, 0.2) is 0 Å². The van der Waals surface area contributed by atoms with E-state index in [0.29, 0.717) is 26.1 Å². The second kappa shape index (κ2) is 6.52. The van der Waals surface area contributed by atoms with Crippen molar-refractivity contribution in [1.82, 2.24) is 0 Å². The van der Waals surface area contributed by atoms with Crippen LogP contribution in [0.25, 0.3) is 0 Å². The number of aromatic hydroxyl groups is 1. The van der Waals surface area contributed by atoms with Gasteiger partial charge in [0.05, 0.1) is 12.0 Å². The molecule has 2 aromatic rings. The maximum atomic E-state index is 12.4. The van der Waals surface area contributed by atoms with Crippen molar-refractivity contribution < 1.29 is 19.4 Å². The van der Waals surface area contributed by atoms with Gasteiger partial charge in [0.2, 0.25) is 0 Å². The number of phenols is 1. The van der Waals surface area contributed by atoms with Crippen LogP contribution in [-0.2, 0) is 22.6 Å². The van der Waals surface area contributed by atoms with Gasteiger partial charge >= 0.3 is 5.97 Å². The molecule has 2 fully saturated rings. The molecule has 4 nitrogen and oxygen atoms in total. The lowest BCUT2D eigenvalue weighted by Crippen LogP contribution is -2.31. The third-order valence-electron chi connectivity index (χ3n) is 5.44. The first kappa shape index (κ1) is 16.7. The van der Waals surface area contributed by atoms with Crippen LogP contribution in [0.1, 0.15) is 24.0 Å². The number of ether oxygens (including phenoxy) is 2. The predicted molar refractivity (Wildman–Crippen MR) is 97.8 cm³/mol. The number of benzene rings is 2. The summed E-state index contributed by atoms with van der Waals surface area (Å²) >= 11 is 0. The van der Waals surface area contributed by atoms with Crippen molar-refractivity contribution in [1.29, 1.82) is 0 Å². The van der Waals surface area contributed by atoms with E-state index in [1.807, 2.05) is 30.3 Å². The molecule has 1 saturated carbocycles. The summed E-state index contributed by atoms with van der Waals surface area (Å²) in [6.07, 6.45) is 2.24. The number of carbonyl (C=O) groups is 1. The van der Waals surface area contributed by atoms with Crippen LogP contribution in [0.4, 0.5) is 0 Å². The molecule has 1 aliphatic carbocycles. The highest BCUT2D eigenvalue weighted by atomic mass is 16.5. The minimum Gasteiger partial charge on any atom is -0.508 e. The van der Waals surface area contributed by atoms with Crippen molar-refractivity contribution in [3.05, 3.63) is 71.8 Å². The summed E-state index contributed by atoms with van der Waals surface area (Å²) in [5, 5.41) is 9.54. The predicted octanol–water partition coefficient (Wildman–Crippen LogP) is 4.02. The van der Waals surface area contributed by atoms with Gasteiger partial charge in [-0.15, -0.1) is 0 Å². The van der Waals surface area contributed by atoms with Gasteiger partial charge in [0, 0.05) is 5.92 Å². The molecule has 4 rings (SSSR count). The third kappa shape index (κ3) is 3.07. The zero-order valence-corrected chi connectivity index (χ0v) is 14.6. The van der Waals surface area contributed by atoms with Crippen molar-refractivity contribution in [2.75, 3.05) is 6.61 Å². The van der Waals surface area contributed by atoms with E-state index in [1.54, 1.807) is 18.2 Å². The highest BCUT2D eigenvalue weighted by molar-refractivity contribution is 5.81. The molecule has 0 bridgehead atoms. The Bertz CT molecular complexity index is 857. The topological polar surface area (TPSA) is 55.8 Å². The Kier molecular flexibility index (Phi) is 4.19. The number of phenolic OH excluding ortho intramolecular Hbond substituents is 1. The highest BCUT2D eigenvalue weighted by Crippen LogP contribution is 2.52. The number of hydrogen-bond donors (Lipinski definition) is 1. The Labute approximate surface area is 153 Å². The first-order chi connectivity index (χ1) is 12.5. The second-order valence-electron chi connectivity index (χ2n) is 7.37. The molecule has 2 aromatic carbocycles. The molecule has 26 heavy (non-hydrogen) atoms. The maximum Gasteiger partial charge on any atom is 0.313 e. The van der Waals surface area contributed by atoms with Gasteiger partial charge in [0.1, 0.15) is 18.1 Å². The average Bonchev–Trinajstić information content (AvgIpc) is 3.08. The molecule has 0 radical (unpaired) electrons. The first-order valence-electron chi connectivity index (χ1n) is 8.89. The van der Waals surface area contributed by atoms with Gasteiger partial charge < -0.3 is 14.6 Å². The quantitative estimate of drug-likeness (QED) is 0.654. The van der Waals surface area contributed by atoms with E-state index in [0.717, 1.165) is 28.9 Å². The number of hydrogen-bond acceptors (Lipinski definition) is 4. The fourth-order valence-corrected chi connectivity index (χ4v) is 4.19. The van der Waals surface area contributed by atoms with E-state index < -0.39 is 5.41 Å². The monoisotopic (exact) mass is 350 g/mol. The number of esters is 1. The summed E-state index contributed by atoms with van der Waals surface area (Å²) in [6.45, 7) is 4.98. The number of cyclic esters (lactones) is 1. The zero-order valence-electron chi connectivity index (χ0n) is 14.6. The van der Waals surface area contributed by atoms with Crippen LogP contribution in [0, 0.1) is 11.3 Å². The summed E-state index contributed by atoms with van der Waals surface area (Å²) in [6, 6.07) is 14.9. The SMILES string of the molecule is C=C1CC2COC(=O)C2(Cc2cccc(OCc3cccc(O)c3)c2)C1. The molecule has 0 amide bonds. The lowest BCUT2D eigenvalue weighted by atomic mass is 9.75. The highest BCUT2D eigenvalue weighted by Gasteiger charge is 2.55. The van der Waals surface area contributed by atoms with Crippen LogP contribution in [0.2, 0.25) is 0 Å². The molecular weight excluding hydrogens is 328 g/mol. The third-order valence-corrected chi connectivity index (χ3v) is 5.44. The summed E-state index contributed by atoms with van der Waals surface area (Å²) in [5.74, 6) is 1.12. The normalized spacial score (nSPS) is 24.4. The molecule has 2 aliphatic rings. The molecule has 0 aromatic heterocycles. The van der Waals surface area contributed by atoms with E-state index in [9.17, 15) is 9.90 Å². The van der Waals surface area contributed by atoms with Crippen LogP contribution in [0.5, 0.6) is 11.5 Å². The molecule has 2 unspecified atom stereocenters. The summed E-state index contributed by atoms with van der Waals surface area (Å²) < 4.78 is 11.2. The molecule has 134 valence electrons. The Morgan fingerprint density at radius 3 is 2.85 bits per heavy atom. The number of fused-ring (bicyclic) bond motifs is 1. The minimum atomic E-state index is -0.457. The van der Waals surface area contributed by atoms with Crippen molar-refractivity contribution in [2.24, 2.45) is 11.3 Å². The van der Waals surface area contributed by atoms with Gasteiger partial charge in [-0.1, -0.05) is 36.4 Å². The molecule has 1 saturated heterocycles. The largest absolute Gasteiger partial charge is 0.508 e. The number of carbonyl (C=O) groups excluding carboxylic acids is 1. The van der Waals surface area contributed by atoms with Gasteiger partial charge in [-0.05, 0) is 54.7 Å². The number of rotatable bonds is 5. The van der Waals surface area contributed by atoms with Crippen LogP contribution < -0.4 is 4.74 Å². The fraction of sp³-hybridized carbons (Fsp3) is 0.318. The fourth-order valence-electron chi connectivity index (χ4n) is 4.19. The Morgan fingerprint density at radius 1 is 1.19 bits per heavy atom. The zero-order chi connectivity index (χ0) is 18.1. The van der Waals surface area contributed by atoms with E-state index in [1.165, 1.54) is 0 Å². The van der Waals surface area contributed by atoms with Crippen LogP contribution in [-0.4, -0.2) is 17.7 Å².